The van der Waals surface area contributed by atoms with E-state index in [1.165, 1.54) is 20.3 Å². The molecule has 0 aliphatic rings. The molecule has 10 heteroatoms. The van der Waals surface area contributed by atoms with Crippen LogP contribution in [0.1, 0.15) is 11.1 Å². The first kappa shape index (κ1) is 23.1. The largest absolute Gasteiger partial charge is 0.497 e. The highest BCUT2D eigenvalue weighted by Gasteiger charge is 2.21. The summed E-state index contributed by atoms with van der Waals surface area (Å²) in [6.07, 6.45) is 3.37. The van der Waals surface area contributed by atoms with E-state index in [1.807, 2.05) is 24.3 Å². The third kappa shape index (κ3) is 4.26. The zero-order valence-corrected chi connectivity index (χ0v) is 19.3. The number of pyridine rings is 1. The van der Waals surface area contributed by atoms with E-state index in [1.54, 1.807) is 31.2 Å². The maximum atomic E-state index is 14.7. The van der Waals surface area contributed by atoms with Gasteiger partial charge in [-0.05, 0) is 17.7 Å². The minimum absolute atomic E-state index is 0.104. The predicted molar refractivity (Wildman–Crippen MR) is 126 cm³/mol. The fourth-order valence-corrected chi connectivity index (χ4v) is 3.74. The summed E-state index contributed by atoms with van der Waals surface area (Å²) >= 11 is 0. The summed E-state index contributed by atoms with van der Waals surface area (Å²) < 4.78 is 46.4. The number of halogens is 2. The van der Waals surface area contributed by atoms with Crippen molar-refractivity contribution in [2.75, 3.05) is 39.0 Å². The number of anilines is 2. The maximum Gasteiger partial charge on any atom is 0.191 e. The Morgan fingerprint density at radius 1 is 0.912 bits per heavy atom. The Kier molecular flexibility index (Phi) is 6.67. The fourth-order valence-electron chi connectivity index (χ4n) is 3.74. The van der Waals surface area contributed by atoms with E-state index in [9.17, 15) is 8.78 Å². The molecule has 0 spiro atoms. The second-order valence-electron chi connectivity index (χ2n) is 7.43. The Bertz CT molecular complexity index is 1280. The number of benzene rings is 2. The third-order valence-electron chi connectivity index (χ3n) is 5.52. The number of rotatable bonds is 9. The molecule has 2 heterocycles. The molecular formula is C24H25F2N5O3. The molecule has 0 aliphatic carbocycles. The van der Waals surface area contributed by atoms with Crippen LogP contribution in [0, 0.1) is 11.6 Å². The Morgan fingerprint density at radius 3 is 2.18 bits per heavy atom. The Balaban J connectivity index is 1.62. The van der Waals surface area contributed by atoms with Crippen molar-refractivity contribution in [1.29, 1.82) is 0 Å². The summed E-state index contributed by atoms with van der Waals surface area (Å²) in [7, 11) is 6.01. The number of nitrogens with one attached hydrogen (secondary N) is 2. The number of hydrogen-bond donors (Lipinski definition) is 2. The van der Waals surface area contributed by atoms with Crippen LogP contribution in [0.15, 0.2) is 42.7 Å². The molecule has 0 saturated heterocycles. The van der Waals surface area contributed by atoms with Crippen LogP contribution < -0.4 is 24.8 Å². The minimum Gasteiger partial charge on any atom is -0.497 e. The lowest BCUT2D eigenvalue weighted by atomic mass is 10.1. The van der Waals surface area contributed by atoms with Crippen LogP contribution in [0.4, 0.5) is 20.2 Å². The van der Waals surface area contributed by atoms with Gasteiger partial charge in [-0.15, -0.1) is 0 Å². The van der Waals surface area contributed by atoms with E-state index in [4.69, 9.17) is 14.2 Å². The fraction of sp³-hybridized carbons (Fsp3) is 0.250. The quantitative estimate of drug-likeness (QED) is 0.375. The first-order valence-corrected chi connectivity index (χ1v) is 10.5. The molecular weight excluding hydrogens is 444 g/mol. The van der Waals surface area contributed by atoms with Crippen LogP contribution in [0.3, 0.4) is 0 Å². The van der Waals surface area contributed by atoms with E-state index < -0.39 is 11.6 Å². The maximum absolute atomic E-state index is 14.7. The summed E-state index contributed by atoms with van der Waals surface area (Å²) in [5.41, 5.74) is 2.86. The van der Waals surface area contributed by atoms with Gasteiger partial charge in [0.2, 0.25) is 0 Å². The third-order valence-corrected chi connectivity index (χ3v) is 5.52. The normalized spacial score (nSPS) is 10.9. The average Bonchev–Trinajstić information content (AvgIpc) is 3.27. The van der Waals surface area contributed by atoms with Gasteiger partial charge in [0.15, 0.2) is 28.8 Å². The summed E-state index contributed by atoms with van der Waals surface area (Å²) in [5.74, 6) is -1.14. The minimum atomic E-state index is -0.840. The zero-order valence-electron chi connectivity index (χ0n) is 19.3. The summed E-state index contributed by atoms with van der Waals surface area (Å²) in [5, 5.41) is 11.2. The number of ether oxygens (including phenoxy) is 3. The molecule has 0 fully saturated rings. The van der Waals surface area contributed by atoms with E-state index in [-0.39, 0.29) is 23.7 Å². The lowest BCUT2D eigenvalue weighted by molar-refractivity contribution is 0.360. The topological polar surface area (TPSA) is 82.5 Å². The van der Waals surface area contributed by atoms with Crippen molar-refractivity contribution in [2.45, 2.75) is 13.1 Å². The SMILES string of the molecule is CNc1c(CNc2c(F)c(OC)cc(OC)c2F)cnc2c1cnn2Cc1ccc(OC)cc1. The van der Waals surface area contributed by atoms with Crippen molar-refractivity contribution >= 4 is 22.4 Å². The molecule has 2 N–H and O–H groups in total. The predicted octanol–water partition coefficient (Wildman–Crippen LogP) is 4.44. The summed E-state index contributed by atoms with van der Waals surface area (Å²) in [6, 6.07) is 8.89. The first-order valence-electron chi connectivity index (χ1n) is 10.5. The van der Waals surface area contributed by atoms with Crippen LogP contribution in [-0.2, 0) is 13.1 Å². The lowest BCUT2D eigenvalue weighted by Gasteiger charge is -2.16. The number of aromatic nitrogens is 3. The molecule has 0 saturated carbocycles. The Morgan fingerprint density at radius 2 is 1.59 bits per heavy atom. The van der Waals surface area contributed by atoms with E-state index >= 15 is 0 Å². The Hall–Kier alpha value is -4.08. The van der Waals surface area contributed by atoms with Crippen LogP contribution in [-0.4, -0.2) is 43.1 Å². The van der Waals surface area contributed by atoms with Gasteiger partial charge >= 0.3 is 0 Å². The zero-order chi connectivity index (χ0) is 24.2. The number of fused-ring (bicyclic) bond motifs is 1. The molecule has 0 unspecified atom stereocenters. The van der Waals surface area contributed by atoms with Crippen molar-refractivity contribution < 1.29 is 23.0 Å². The highest BCUT2D eigenvalue weighted by atomic mass is 19.1. The van der Waals surface area contributed by atoms with E-state index in [2.05, 4.69) is 20.7 Å². The van der Waals surface area contributed by atoms with Crippen LogP contribution in [0.5, 0.6) is 17.2 Å². The van der Waals surface area contributed by atoms with Crippen LogP contribution in [0.25, 0.3) is 11.0 Å². The van der Waals surface area contributed by atoms with Gasteiger partial charge in [0.25, 0.3) is 0 Å². The highest BCUT2D eigenvalue weighted by molar-refractivity contribution is 5.90. The standard InChI is InChI=1S/C24H25F2N5O3/c1-27-22-15(10-28-23-20(25)18(33-3)9-19(34-4)21(23)26)11-29-24-17(22)12-30-31(24)13-14-5-7-16(32-2)8-6-14/h5-9,11-12,28H,10,13H2,1-4H3,(H,27,29). The van der Waals surface area contributed by atoms with Crippen molar-refractivity contribution in [3.05, 3.63) is 65.5 Å². The molecule has 0 aliphatic heterocycles. The molecule has 4 aromatic rings. The number of hydrogen-bond acceptors (Lipinski definition) is 7. The van der Waals surface area contributed by atoms with Gasteiger partial charge in [0, 0.05) is 31.4 Å². The van der Waals surface area contributed by atoms with Crippen molar-refractivity contribution in [2.24, 2.45) is 0 Å². The lowest BCUT2D eigenvalue weighted by Crippen LogP contribution is -2.09. The highest BCUT2D eigenvalue weighted by Crippen LogP contribution is 2.35. The second-order valence-corrected chi connectivity index (χ2v) is 7.43. The van der Waals surface area contributed by atoms with Crippen molar-refractivity contribution in [3.8, 4) is 17.2 Å². The van der Waals surface area contributed by atoms with Gasteiger partial charge in [-0.1, -0.05) is 12.1 Å². The molecule has 0 radical (unpaired) electrons. The molecule has 8 nitrogen and oxygen atoms in total. The smallest absolute Gasteiger partial charge is 0.191 e. The van der Waals surface area contributed by atoms with Gasteiger partial charge in [-0.25, -0.2) is 18.4 Å². The van der Waals surface area contributed by atoms with Gasteiger partial charge in [0.05, 0.1) is 45.1 Å². The second kappa shape index (κ2) is 9.82. The average molecular weight is 469 g/mol. The van der Waals surface area contributed by atoms with Crippen LogP contribution >= 0.6 is 0 Å². The summed E-state index contributed by atoms with van der Waals surface area (Å²) in [6.45, 7) is 0.633. The van der Waals surface area contributed by atoms with Crippen molar-refractivity contribution in [1.82, 2.24) is 14.8 Å². The number of nitrogens with zero attached hydrogens (tertiary/aromatic N) is 3. The molecule has 0 bridgehead atoms. The van der Waals surface area contributed by atoms with Gasteiger partial charge in [-0.3, -0.25) is 0 Å². The molecule has 4 rings (SSSR count). The Labute approximate surface area is 195 Å². The molecule has 0 atom stereocenters. The molecule has 2 aromatic heterocycles. The molecule has 0 amide bonds. The van der Waals surface area contributed by atoms with Gasteiger partial charge in [-0.2, -0.15) is 5.10 Å². The number of methoxy groups -OCH3 is 3. The van der Waals surface area contributed by atoms with E-state index in [0.717, 1.165) is 22.4 Å². The first-order chi connectivity index (χ1) is 16.5. The monoisotopic (exact) mass is 469 g/mol. The van der Waals surface area contributed by atoms with Crippen LogP contribution in [0.2, 0.25) is 0 Å². The van der Waals surface area contributed by atoms with Crippen molar-refractivity contribution in [3.63, 3.8) is 0 Å². The van der Waals surface area contributed by atoms with Gasteiger partial charge in [0.1, 0.15) is 11.4 Å². The summed E-state index contributed by atoms with van der Waals surface area (Å²) in [4.78, 5) is 4.56. The van der Waals surface area contributed by atoms with Gasteiger partial charge < -0.3 is 24.8 Å². The molecule has 178 valence electrons. The molecule has 34 heavy (non-hydrogen) atoms. The molecule has 2 aromatic carbocycles. The van der Waals surface area contributed by atoms with E-state index in [0.29, 0.717) is 17.8 Å².